The molecule has 0 aliphatic rings. The normalized spacial score (nSPS) is 12.7. The topological polar surface area (TPSA) is 34.9 Å². The molecule has 0 spiro atoms. The summed E-state index contributed by atoms with van der Waals surface area (Å²) in [6.45, 7) is 10.2. The summed E-state index contributed by atoms with van der Waals surface area (Å²) in [6, 6.07) is 6.33. The van der Waals surface area contributed by atoms with E-state index < -0.39 is 0 Å². The predicted molar refractivity (Wildman–Crippen MR) is 81.1 cm³/mol. The first kappa shape index (κ1) is 14.5. The molecule has 3 heteroatoms. The van der Waals surface area contributed by atoms with Crippen LogP contribution in [0.4, 0.5) is 0 Å². The molecule has 1 atom stereocenters. The molecule has 1 aromatic carbocycles. The van der Waals surface area contributed by atoms with E-state index in [9.17, 15) is 4.79 Å². The molecule has 0 N–H and O–H groups in total. The summed E-state index contributed by atoms with van der Waals surface area (Å²) in [5.74, 6) is 0.251. The monoisotopic (exact) mass is 270 g/mol. The van der Waals surface area contributed by atoms with Crippen LogP contribution in [0, 0.1) is 19.8 Å². The van der Waals surface area contributed by atoms with Crippen LogP contribution in [0.25, 0.3) is 0 Å². The van der Waals surface area contributed by atoms with Crippen molar-refractivity contribution >= 4 is 5.91 Å². The van der Waals surface area contributed by atoms with Crippen LogP contribution >= 0.6 is 0 Å². The van der Waals surface area contributed by atoms with Crippen LogP contribution in [-0.4, -0.2) is 15.5 Å². The highest BCUT2D eigenvalue weighted by Crippen LogP contribution is 2.27. The minimum atomic E-state index is -0.0203. The van der Waals surface area contributed by atoms with Gasteiger partial charge < -0.3 is 0 Å². The number of imidazole rings is 1. The van der Waals surface area contributed by atoms with Gasteiger partial charge in [-0.3, -0.25) is 9.36 Å². The van der Waals surface area contributed by atoms with Crippen LogP contribution in [-0.2, 0) is 0 Å². The van der Waals surface area contributed by atoms with Crippen molar-refractivity contribution in [3.8, 4) is 0 Å². The van der Waals surface area contributed by atoms with E-state index >= 15 is 0 Å². The van der Waals surface area contributed by atoms with E-state index in [1.807, 2.05) is 20.0 Å². The lowest BCUT2D eigenvalue weighted by molar-refractivity contribution is 0.0855. The second-order valence-electron chi connectivity index (χ2n) is 5.71. The molecule has 0 bridgehead atoms. The molecule has 106 valence electrons. The molecule has 0 saturated carbocycles. The van der Waals surface area contributed by atoms with Crippen molar-refractivity contribution in [1.29, 1.82) is 0 Å². The number of carbonyl (C=O) groups is 1. The highest BCUT2D eigenvalue weighted by molar-refractivity contribution is 5.80. The third-order valence-electron chi connectivity index (χ3n) is 3.91. The molecule has 20 heavy (non-hydrogen) atoms. The van der Waals surface area contributed by atoms with Crippen molar-refractivity contribution in [1.82, 2.24) is 9.55 Å². The molecule has 0 amide bonds. The van der Waals surface area contributed by atoms with Crippen molar-refractivity contribution < 1.29 is 4.79 Å². The van der Waals surface area contributed by atoms with Gasteiger partial charge in [0.15, 0.2) is 0 Å². The van der Waals surface area contributed by atoms with Crippen LogP contribution in [0.3, 0.4) is 0 Å². The first-order chi connectivity index (χ1) is 9.41. The van der Waals surface area contributed by atoms with Crippen LogP contribution in [0.5, 0.6) is 0 Å². The molecule has 0 aliphatic carbocycles. The molecular formula is C17H22N2O. The lowest BCUT2D eigenvalue weighted by atomic mass is 9.92. The minimum Gasteiger partial charge on any atom is -0.276 e. The summed E-state index contributed by atoms with van der Waals surface area (Å²) in [7, 11) is 0. The number of carbonyl (C=O) groups excluding carboxylic acids is 1. The van der Waals surface area contributed by atoms with E-state index in [1.165, 1.54) is 16.7 Å². The van der Waals surface area contributed by atoms with Crippen LogP contribution in [0.1, 0.15) is 53.9 Å². The summed E-state index contributed by atoms with van der Waals surface area (Å²) >= 11 is 0. The van der Waals surface area contributed by atoms with Gasteiger partial charge in [-0.05, 0) is 30.5 Å². The Kier molecular flexibility index (Phi) is 4.07. The Hall–Kier alpha value is -1.90. The zero-order valence-electron chi connectivity index (χ0n) is 12.8. The smallest absolute Gasteiger partial charge is 0.234 e. The van der Waals surface area contributed by atoms with Crippen molar-refractivity contribution in [2.45, 2.75) is 40.5 Å². The van der Waals surface area contributed by atoms with Gasteiger partial charge in [-0.2, -0.15) is 0 Å². The lowest BCUT2D eigenvalue weighted by Gasteiger charge is -2.14. The molecule has 1 unspecified atom stereocenters. The summed E-state index contributed by atoms with van der Waals surface area (Å²) in [4.78, 5) is 16.4. The van der Waals surface area contributed by atoms with Gasteiger partial charge in [0, 0.05) is 18.0 Å². The van der Waals surface area contributed by atoms with Crippen molar-refractivity contribution in [2.75, 3.05) is 0 Å². The number of hydrogen-bond acceptors (Lipinski definition) is 2. The van der Waals surface area contributed by atoms with Crippen LogP contribution in [0.2, 0.25) is 0 Å². The van der Waals surface area contributed by atoms with Gasteiger partial charge in [-0.15, -0.1) is 0 Å². The Balaban J connectivity index is 2.32. The SMILES string of the molecule is Cc1cccc(C(C)c2cn(C(=O)C(C)C)cn2)c1C. The number of rotatable bonds is 3. The number of benzene rings is 1. The van der Waals surface area contributed by atoms with Gasteiger partial charge in [0.1, 0.15) is 6.33 Å². The van der Waals surface area contributed by atoms with Crippen molar-refractivity contribution in [2.24, 2.45) is 5.92 Å². The molecule has 2 aromatic rings. The Morgan fingerprint density at radius 3 is 2.55 bits per heavy atom. The van der Waals surface area contributed by atoms with Gasteiger partial charge in [-0.25, -0.2) is 4.98 Å². The molecule has 2 rings (SSSR count). The zero-order valence-corrected chi connectivity index (χ0v) is 12.8. The molecule has 1 aromatic heterocycles. The van der Waals surface area contributed by atoms with E-state index in [-0.39, 0.29) is 17.7 Å². The number of aromatic nitrogens is 2. The third kappa shape index (κ3) is 2.67. The number of hydrogen-bond donors (Lipinski definition) is 0. The van der Waals surface area contributed by atoms with E-state index in [1.54, 1.807) is 10.9 Å². The first-order valence-electron chi connectivity index (χ1n) is 7.06. The van der Waals surface area contributed by atoms with Crippen LogP contribution < -0.4 is 0 Å². The fourth-order valence-corrected chi connectivity index (χ4v) is 2.38. The van der Waals surface area contributed by atoms with E-state index in [2.05, 4.69) is 44.0 Å². The fourth-order valence-electron chi connectivity index (χ4n) is 2.38. The Morgan fingerprint density at radius 2 is 1.90 bits per heavy atom. The van der Waals surface area contributed by atoms with Gasteiger partial charge in [0.2, 0.25) is 5.91 Å². The van der Waals surface area contributed by atoms with Gasteiger partial charge >= 0.3 is 0 Å². The molecule has 0 fully saturated rings. The van der Waals surface area contributed by atoms with Gasteiger partial charge in [0.25, 0.3) is 0 Å². The van der Waals surface area contributed by atoms with Crippen molar-refractivity contribution in [3.05, 3.63) is 53.1 Å². The largest absolute Gasteiger partial charge is 0.276 e. The molecule has 0 radical (unpaired) electrons. The predicted octanol–water partition coefficient (Wildman–Crippen LogP) is 3.95. The van der Waals surface area contributed by atoms with E-state index in [4.69, 9.17) is 0 Å². The average Bonchev–Trinajstić information content (AvgIpc) is 2.89. The number of nitrogens with zero attached hydrogens (tertiary/aromatic N) is 2. The zero-order chi connectivity index (χ0) is 14.9. The third-order valence-corrected chi connectivity index (χ3v) is 3.91. The maximum Gasteiger partial charge on any atom is 0.234 e. The number of aryl methyl sites for hydroxylation is 1. The summed E-state index contributed by atoms with van der Waals surface area (Å²) < 4.78 is 1.60. The Labute approximate surface area is 120 Å². The van der Waals surface area contributed by atoms with E-state index in [0.29, 0.717) is 0 Å². The highest BCUT2D eigenvalue weighted by Gasteiger charge is 2.17. The second kappa shape index (κ2) is 5.61. The average molecular weight is 270 g/mol. The maximum absolute atomic E-state index is 12.0. The van der Waals surface area contributed by atoms with Gasteiger partial charge in [0.05, 0.1) is 5.69 Å². The lowest BCUT2D eigenvalue weighted by Crippen LogP contribution is -2.14. The Morgan fingerprint density at radius 1 is 1.20 bits per heavy atom. The second-order valence-corrected chi connectivity index (χ2v) is 5.71. The summed E-state index contributed by atoms with van der Waals surface area (Å²) in [5.41, 5.74) is 4.79. The molecule has 0 saturated heterocycles. The quantitative estimate of drug-likeness (QED) is 0.846. The summed E-state index contributed by atoms with van der Waals surface area (Å²) in [5, 5.41) is 0. The van der Waals surface area contributed by atoms with E-state index in [0.717, 1.165) is 5.69 Å². The van der Waals surface area contributed by atoms with Crippen LogP contribution in [0.15, 0.2) is 30.7 Å². The fraction of sp³-hybridized carbons (Fsp3) is 0.412. The standard InChI is InChI=1S/C17H22N2O/c1-11(2)17(20)19-9-16(18-10-19)14(5)15-8-6-7-12(3)13(15)4/h6-11,14H,1-5H3. The van der Waals surface area contributed by atoms with Crippen molar-refractivity contribution in [3.63, 3.8) is 0 Å². The molecule has 1 heterocycles. The summed E-state index contributed by atoms with van der Waals surface area (Å²) in [6.07, 6.45) is 3.48. The first-order valence-corrected chi connectivity index (χ1v) is 7.06. The Bertz CT molecular complexity index is 626. The van der Waals surface area contributed by atoms with Gasteiger partial charge in [-0.1, -0.05) is 39.0 Å². The molecular weight excluding hydrogens is 248 g/mol. The molecule has 0 aliphatic heterocycles. The maximum atomic E-state index is 12.0. The molecule has 3 nitrogen and oxygen atoms in total. The highest BCUT2D eigenvalue weighted by atomic mass is 16.2. The minimum absolute atomic E-state index is 0.0203.